The zero-order valence-corrected chi connectivity index (χ0v) is 11.3. The minimum absolute atomic E-state index is 0.226. The van der Waals surface area contributed by atoms with Gasteiger partial charge in [-0.1, -0.05) is 29.8 Å². The fourth-order valence-corrected chi connectivity index (χ4v) is 1.87. The number of halogens is 2. The molecule has 6 heteroatoms. The van der Waals surface area contributed by atoms with E-state index in [9.17, 15) is 4.39 Å². The first kappa shape index (κ1) is 14.1. The zero-order chi connectivity index (χ0) is 14.5. The molecule has 0 unspecified atom stereocenters. The summed E-state index contributed by atoms with van der Waals surface area (Å²) in [6.45, 7) is 0.275. The smallest absolute Gasteiger partial charge is 0.150 e. The van der Waals surface area contributed by atoms with Crippen LogP contribution in [0.2, 0.25) is 5.02 Å². The predicted molar refractivity (Wildman–Crippen MR) is 77.1 cm³/mol. The minimum atomic E-state index is -0.406. The maximum Gasteiger partial charge on any atom is 0.150 e. The lowest BCUT2D eigenvalue weighted by atomic mass is 10.1. The topological polar surface area (TPSA) is 73.6 Å². The Morgan fingerprint density at radius 3 is 2.75 bits per heavy atom. The number of nitrogens with zero attached hydrogens (tertiary/aromatic N) is 1. The molecular formula is C14H13ClFN3O. The number of ether oxygens (including phenoxy) is 1. The Bertz CT molecular complexity index is 646. The van der Waals surface area contributed by atoms with E-state index in [-0.39, 0.29) is 17.5 Å². The average molecular weight is 294 g/mol. The van der Waals surface area contributed by atoms with E-state index < -0.39 is 5.82 Å². The van der Waals surface area contributed by atoms with Crippen molar-refractivity contribution < 1.29 is 9.13 Å². The maximum atomic E-state index is 12.9. The van der Waals surface area contributed by atoms with Crippen molar-refractivity contribution in [2.24, 2.45) is 16.7 Å². The molecule has 0 saturated heterocycles. The molecule has 0 radical (unpaired) electrons. The highest BCUT2D eigenvalue weighted by Gasteiger charge is 2.05. The second kappa shape index (κ2) is 6.25. The normalized spacial score (nSPS) is 11.4. The lowest BCUT2D eigenvalue weighted by Gasteiger charge is -2.09. The summed E-state index contributed by atoms with van der Waals surface area (Å²) < 4.78 is 18.4. The first-order chi connectivity index (χ1) is 9.60. The summed E-state index contributed by atoms with van der Waals surface area (Å²) in [6, 6.07) is 11.3. The van der Waals surface area contributed by atoms with Crippen LogP contribution in [0.5, 0.6) is 5.75 Å². The fraction of sp³-hybridized carbons (Fsp3) is 0.0714. The van der Waals surface area contributed by atoms with Crippen LogP contribution in [0.4, 0.5) is 4.39 Å². The van der Waals surface area contributed by atoms with Crippen molar-refractivity contribution in [2.45, 2.75) is 6.61 Å². The van der Waals surface area contributed by atoms with Crippen LogP contribution < -0.4 is 16.3 Å². The maximum absolute atomic E-state index is 12.9. The molecule has 2 aromatic rings. The SMILES string of the molecule is N/N=C(\N)c1cccc(COc2ccc(F)cc2Cl)c1. The number of amidine groups is 1. The number of hydrogen-bond acceptors (Lipinski definition) is 3. The van der Waals surface area contributed by atoms with Gasteiger partial charge < -0.3 is 16.3 Å². The number of nitrogens with two attached hydrogens (primary N) is 2. The highest BCUT2D eigenvalue weighted by molar-refractivity contribution is 6.32. The monoisotopic (exact) mass is 293 g/mol. The third-order valence-electron chi connectivity index (χ3n) is 2.65. The Labute approximate surface area is 120 Å². The van der Waals surface area contributed by atoms with E-state index in [1.165, 1.54) is 18.2 Å². The molecule has 20 heavy (non-hydrogen) atoms. The predicted octanol–water partition coefficient (Wildman–Crippen LogP) is 2.64. The molecule has 2 rings (SSSR count). The van der Waals surface area contributed by atoms with Crippen molar-refractivity contribution in [3.8, 4) is 5.75 Å². The minimum Gasteiger partial charge on any atom is -0.487 e. The van der Waals surface area contributed by atoms with Crippen LogP contribution in [0, 0.1) is 5.82 Å². The van der Waals surface area contributed by atoms with Gasteiger partial charge in [-0.05, 0) is 29.8 Å². The quantitative estimate of drug-likeness (QED) is 0.394. The third-order valence-corrected chi connectivity index (χ3v) is 2.95. The van der Waals surface area contributed by atoms with Gasteiger partial charge in [-0.2, -0.15) is 5.10 Å². The summed E-state index contributed by atoms with van der Waals surface area (Å²) >= 11 is 5.88. The van der Waals surface area contributed by atoms with Gasteiger partial charge in [-0.15, -0.1) is 0 Å². The Balaban J connectivity index is 2.11. The van der Waals surface area contributed by atoms with Gasteiger partial charge in [0.25, 0.3) is 0 Å². The second-order valence-electron chi connectivity index (χ2n) is 4.08. The molecule has 0 fully saturated rings. The number of rotatable bonds is 4. The molecular weight excluding hydrogens is 281 g/mol. The summed E-state index contributed by atoms with van der Waals surface area (Å²) in [4.78, 5) is 0. The lowest BCUT2D eigenvalue weighted by molar-refractivity contribution is 0.306. The fourth-order valence-electron chi connectivity index (χ4n) is 1.65. The Morgan fingerprint density at radius 1 is 1.25 bits per heavy atom. The molecule has 0 bridgehead atoms. The molecule has 0 saturated carbocycles. The van der Waals surface area contributed by atoms with Crippen molar-refractivity contribution in [3.05, 3.63) is 64.4 Å². The van der Waals surface area contributed by atoms with Crippen molar-refractivity contribution in [3.63, 3.8) is 0 Å². The Kier molecular flexibility index (Phi) is 4.42. The summed E-state index contributed by atoms with van der Waals surface area (Å²) in [5.41, 5.74) is 7.21. The van der Waals surface area contributed by atoms with E-state index in [4.69, 9.17) is 27.9 Å². The van der Waals surface area contributed by atoms with Crippen LogP contribution in [0.3, 0.4) is 0 Å². The van der Waals surface area contributed by atoms with Gasteiger partial charge in [0.15, 0.2) is 0 Å². The van der Waals surface area contributed by atoms with Crippen LogP contribution >= 0.6 is 11.6 Å². The third kappa shape index (κ3) is 3.39. The standard InChI is InChI=1S/C14H13ClFN3O/c15-12-7-11(16)4-5-13(12)20-8-9-2-1-3-10(6-9)14(17)19-18/h1-7H,8,18H2,(H2,17,19). The van der Waals surface area contributed by atoms with Gasteiger partial charge in [0.2, 0.25) is 0 Å². The molecule has 104 valence electrons. The number of hydrogen-bond donors (Lipinski definition) is 2. The molecule has 0 aliphatic heterocycles. The van der Waals surface area contributed by atoms with E-state index in [0.29, 0.717) is 11.3 Å². The van der Waals surface area contributed by atoms with Gasteiger partial charge in [-0.3, -0.25) is 0 Å². The first-order valence-corrected chi connectivity index (χ1v) is 6.18. The molecule has 0 aliphatic carbocycles. The largest absolute Gasteiger partial charge is 0.487 e. The number of benzene rings is 2. The van der Waals surface area contributed by atoms with Gasteiger partial charge in [0.1, 0.15) is 24.0 Å². The molecule has 0 heterocycles. The molecule has 0 aromatic heterocycles. The van der Waals surface area contributed by atoms with E-state index in [1.54, 1.807) is 6.07 Å². The van der Waals surface area contributed by atoms with Crippen LogP contribution in [0.1, 0.15) is 11.1 Å². The molecule has 0 spiro atoms. The van der Waals surface area contributed by atoms with Crippen LogP contribution in [-0.2, 0) is 6.61 Å². The van der Waals surface area contributed by atoms with Crippen molar-refractivity contribution in [1.29, 1.82) is 0 Å². The van der Waals surface area contributed by atoms with E-state index in [1.807, 2.05) is 18.2 Å². The highest BCUT2D eigenvalue weighted by Crippen LogP contribution is 2.25. The molecule has 4 nitrogen and oxygen atoms in total. The van der Waals surface area contributed by atoms with Crippen LogP contribution in [-0.4, -0.2) is 5.84 Å². The number of hydrazone groups is 1. The average Bonchev–Trinajstić information content (AvgIpc) is 2.46. The van der Waals surface area contributed by atoms with Gasteiger partial charge in [0.05, 0.1) is 5.02 Å². The highest BCUT2D eigenvalue weighted by atomic mass is 35.5. The van der Waals surface area contributed by atoms with E-state index in [2.05, 4.69) is 5.10 Å². The van der Waals surface area contributed by atoms with Crippen LogP contribution in [0.25, 0.3) is 0 Å². The summed E-state index contributed by atoms with van der Waals surface area (Å²) in [6.07, 6.45) is 0. The summed E-state index contributed by atoms with van der Waals surface area (Å²) in [5, 5.41) is 3.66. The second-order valence-corrected chi connectivity index (χ2v) is 4.49. The van der Waals surface area contributed by atoms with Gasteiger partial charge in [0, 0.05) is 5.56 Å². The zero-order valence-electron chi connectivity index (χ0n) is 10.5. The Hall–Kier alpha value is -2.27. The van der Waals surface area contributed by atoms with Crippen molar-refractivity contribution in [1.82, 2.24) is 0 Å². The lowest BCUT2D eigenvalue weighted by Crippen LogP contribution is -2.15. The first-order valence-electron chi connectivity index (χ1n) is 5.80. The summed E-state index contributed by atoms with van der Waals surface area (Å²) in [7, 11) is 0. The van der Waals surface area contributed by atoms with Crippen molar-refractivity contribution in [2.75, 3.05) is 0 Å². The molecule has 4 N–H and O–H groups in total. The van der Waals surface area contributed by atoms with Crippen LogP contribution in [0.15, 0.2) is 47.6 Å². The molecule has 0 atom stereocenters. The summed E-state index contributed by atoms with van der Waals surface area (Å²) in [5.74, 6) is 5.38. The van der Waals surface area contributed by atoms with Gasteiger partial charge >= 0.3 is 0 Å². The van der Waals surface area contributed by atoms with E-state index in [0.717, 1.165) is 5.56 Å². The van der Waals surface area contributed by atoms with Crippen molar-refractivity contribution >= 4 is 17.4 Å². The Morgan fingerprint density at radius 2 is 2.05 bits per heavy atom. The molecule has 2 aromatic carbocycles. The molecule has 0 aliphatic rings. The van der Waals surface area contributed by atoms with Gasteiger partial charge in [-0.25, -0.2) is 4.39 Å². The van der Waals surface area contributed by atoms with E-state index >= 15 is 0 Å². The molecule has 0 amide bonds.